The summed E-state index contributed by atoms with van der Waals surface area (Å²) in [5.74, 6) is -0.116. The summed E-state index contributed by atoms with van der Waals surface area (Å²) in [6.07, 6.45) is 4.07. The summed E-state index contributed by atoms with van der Waals surface area (Å²) in [7, 11) is 1.75. The van der Waals surface area contributed by atoms with Crippen LogP contribution in [0.1, 0.15) is 42.0 Å². The normalized spacial score (nSPS) is 13.6. The highest BCUT2D eigenvalue weighted by Gasteiger charge is 2.20. The Morgan fingerprint density at radius 1 is 1.19 bits per heavy atom. The Morgan fingerprint density at radius 3 is 2.74 bits per heavy atom. The summed E-state index contributed by atoms with van der Waals surface area (Å²) >= 11 is 0. The minimum Gasteiger partial charge on any atom is -0.383 e. The van der Waals surface area contributed by atoms with Crippen LogP contribution < -0.4 is 10.2 Å². The molecule has 3 nitrogen and oxygen atoms in total. The van der Waals surface area contributed by atoms with Gasteiger partial charge in [-0.15, -0.1) is 0 Å². The van der Waals surface area contributed by atoms with Gasteiger partial charge in [0.25, 0.3) is 0 Å². The molecule has 27 heavy (non-hydrogen) atoms. The van der Waals surface area contributed by atoms with Crippen LogP contribution in [0.4, 0.5) is 15.8 Å². The fourth-order valence-electron chi connectivity index (χ4n) is 3.96. The van der Waals surface area contributed by atoms with Gasteiger partial charge in [0.05, 0.1) is 6.61 Å². The average molecular weight is 371 g/mol. The number of halogens is 1. The third-order valence-electron chi connectivity index (χ3n) is 5.44. The van der Waals surface area contributed by atoms with Crippen LogP contribution in [0.2, 0.25) is 0 Å². The van der Waals surface area contributed by atoms with Crippen LogP contribution in [0.15, 0.2) is 30.3 Å². The van der Waals surface area contributed by atoms with E-state index in [1.165, 1.54) is 28.8 Å². The molecule has 0 aromatic heterocycles. The fourth-order valence-corrected chi connectivity index (χ4v) is 3.96. The summed E-state index contributed by atoms with van der Waals surface area (Å²) in [5.41, 5.74) is 6.99. The fraction of sp³-hybridized carbons (Fsp3) is 0.478. The zero-order valence-corrected chi connectivity index (χ0v) is 16.8. The minimum atomic E-state index is -0.116. The maximum Gasteiger partial charge on any atom is 0.128 e. The molecular weight excluding hydrogens is 339 g/mol. The zero-order valence-electron chi connectivity index (χ0n) is 16.8. The molecule has 0 radical (unpaired) electrons. The van der Waals surface area contributed by atoms with Crippen LogP contribution >= 0.6 is 0 Å². The van der Waals surface area contributed by atoms with Gasteiger partial charge < -0.3 is 15.0 Å². The molecule has 0 fully saturated rings. The maximum absolute atomic E-state index is 14.2. The van der Waals surface area contributed by atoms with Crippen molar-refractivity contribution in [1.29, 1.82) is 0 Å². The molecule has 146 valence electrons. The number of nitrogens with zero attached hydrogens (tertiary/aromatic N) is 1. The molecule has 1 aliphatic rings. The number of hydrogen-bond acceptors (Lipinski definition) is 3. The summed E-state index contributed by atoms with van der Waals surface area (Å²) in [4.78, 5) is 2.44. The Kier molecular flexibility index (Phi) is 6.73. The molecule has 4 heteroatoms. The molecule has 0 atom stereocenters. The molecule has 0 bridgehead atoms. The quantitative estimate of drug-likeness (QED) is 0.700. The van der Waals surface area contributed by atoms with Crippen LogP contribution in [-0.2, 0) is 24.1 Å². The number of ether oxygens (including phenoxy) is 1. The highest BCUT2D eigenvalue weighted by molar-refractivity contribution is 5.64. The van der Waals surface area contributed by atoms with Crippen LogP contribution in [0.5, 0.6) is 0 Å². The van der Waals surface area contributed by atoms with Crippen molar-refractivity contribution in [2.75, 3.05) is 37.0 Å². The van der Waals surface area contributed by atoms with Crippen molar-refractivity contribution in [1.82, 2.24) is 0 Å². The molecule has 0 unspecified atom stereocenters. The van der Waals surface area contributed by atoms with E-state index in [4.69, 9.17) is 4.74 Å². The highest BCUT2D eigenvalue weighted by atomic mass is 19.1. The van der Waals surface area contributed by atoms with Gasteiger partial charge in [-0.25, -0.2) is 4.39 Å². The SMILES string of the molecule is CCCc1ccc(NCc2ccc3c(c2C)N(CCOC)CCC3)cc1F. The van der Waals surface area contributed by atoms with E-state index in [1.807, 2.05) is 12.1 Å². The molecule has 1 N–H and O–H groups in total. The molecule has 1 heterocycles. The monoisotopic (exact) mass is 370 g/mol. The van der Waals surface area contributed by atoms with Crippen LogP contribution in [0, 0.1) is 12.7 Å². The first-order valence-corrected chi connectivity index (χ1v) is 10.0. The Labute approximate surface area is 162 Å². The van der Waals surface area contributed by atoms with Gasteiger partial charge in [-0.05, 0) is 60.6 Å². The number of aryl methyl sites for hydroxylation is 2. The molecule has 0 saturated heterocycles. The van der Waals surface area contributed by atoms with E-state index < -0.39 is 0 Å². The van der Waals surface area contributed by atoms with Crippen molar-refractivity contribution in [3.8, 4) is 0 Å². The predicted octanol–water partition coefficient (Wildman–Crippen LogP) is 5.10. The van der Waals surface area contributed by atoms with Gasteiger partial charge >= 0.3 is 0 Å². The minimum absolute atomic E-state index is 0.116. The second-order valence-electron chi connectivity index (χ2n) is 7.35. The molecule has 2 aromatic rings. The van der Waals surface area contributed by atoms with Crippen molar-refractivity contribution in [3.05, 3.63) is 58.4 Å². The number of rotatable bonds is 8. The van der Waals surface area contributed by atoms with E-state index in [0.717, 1.165) is 50.2 Å². The van der Waals surface area contributed by atoms with E-state index in [1.54, 1.807) is 13.2 Å². The first-order valence-electron chi connectivity index (χ1n) is 10.0. The number of nitrogens with one attached hydrogen (secondary N) is 1. The summed E-state index contributed by atoms with van der Waals surface area (Å²) in [6.45, 7) is 7.71. The highest BCUT2D eigenvalue weighted by Crippen LogP contribution is 2.33. The Morgan fingerprint density at radius 2 is 2.00 bits per heavy atom. The van der Waals surface area contributed by atoms with Crippen LogP contribution in [-0.4, -0.2) is 26.8 Å². The van der Waals surface area contributed by atoms with Gasteiger partial charge in [0.1, 0.15) is 5.82 Å². The van der Waals surface area contributed by atoms with E-state index in [0.29, 0.717) is 6.54 Å². The van der Waals surface area contributed by atoms with Gasteiger partial charge in [0, 0.05) is 38.1 Å². The van der Waals surface area contributed by atoms with Crippen molar-refractivity contribution >= 4 is 11.4 Å². The lowest BCUT2D eigenvalue weighted by atomic mass is 9.94. The molecule has 0 saturated carbocycles. The number of methoxy groups -OCH3 is 1. The molecule has 2 aromatic carbocycles. The van der Waals surface area contributed by atoms with E-state index >= 15 is 0 Å². The standard InChI is InChI=1S/C23H31FN2O/c1-4-6-18-10-11-21(15-22(18)24)25-16-20-9-8-19-7-5-12-26(13-14-27-3)23(19)17(20)2/h8-11,15,25H,4-7,12-14,16H2,1-3H3. The van der Waals surface area contributed by atoms with Gasteiger partial charge in [0.15, 0.2) is 0 Å². The van der Waals surface area contributed by atoms with Crippen molar-refractivity contribution in [3.63, 3.8) is 0 Å². The van der Waals surface area contributed by atoms with E-state index in [2.05, 4.69) is 36.2 Å². The van der Waals surface area contributed by atoms with Crippen LogP contribution in [0.3, 0.4) is 0 Å². The molecule has 1 aliphatic heterocycles. The first kappa shape index (κ1) is 19.7. The van der Waals surface area contributed by atoms with Gasteiger partial charge in [-0.2, -0.15) is 0 Å². The van der Waals surface area contributed by atoms with Crippen molar-refractivity contribution in [2.24, 2.45) is 0 Å². The smallest absolute Gasteiger partial charge is 0.128 e. The lowest BCUT2D eigenvalue weighted by Crippen LogP contribution is -2.33. The first-order chi connectivity index (χ1) is 13.1. The summed E-state index contributed by atoms with van der Waals surface area (Å²) < 4.78 is 19.5. The summed E-state index contributed by atoms with van der Waals surface area (Å²) in [5, 5.41) is 3.39. The average Bonchev–Trinajstić information content (AvgIpc) is 2.68. The lowest BCUT2D eigenvalue weighted by Gasteiger charge is -2.33. The molecular formula is C23H31FN2O. The topological polar surface area (TPSA) is 24.5 Å². The third-order valence-corrected chi connectivity index (χ3v) is 5.44. The molecule has 0 amide bonds. The number of hydrogen-bond donors (Lipinski definition) is 1. The molecule has 0 spiro atoms. The maximum atomic E-state index is 14.2. The Bertz CT molecular complexity index is 775. The number of benzene rings is 2. The van der Waals surface area contributed by atoms with Crippen molar-refractivity contribution in [2.45, 2.75) is 46.1 Å². The second-order valence-corrected chi connectivity index (χ2v) is 7.35. The number of fused-ring (bicyclic) bond motifs is 1. The third kappa shape index (κ3) is 4.62. The molecule has 0 aliphatic carbocycles. The molecule has 3 rings (SSSR count). The zero-order chi connectivity index (χ0) is 19.2. The van der Waals surface area contributed by atoms with E-state index in [-0.39, 0.29) is 5.82 Å². The van der Waals surface area contributed by atoms with Crippen LogP contribution in [0.25, 0.3) is 0 Å². The Balaban J connectivity index is 1.75. The largest absolute Gasteiger partial charge is 0.383 e. The second kappa shape index (κ2) is 9.23. The predicted molar refractivity (Wildman–Crippen MR) is 111 cm³/mol. The Hall–Kier alpha value is -2.07. The van der Waals surface area contributed by atoms with Gasteiger partial charge in [0.2, 0.25) is 0 Å². The van der Waals surface area contributed by atoms with Gasteiger partial charge in [-0.3, -0.25) is 0 Å². The number of anilines is 2. The summed E-state index contributed by atoms with van der Waals surface area (Å²) in [6, 6.07) is 9.95. The lowest BCUT2D eigenvalue weighted by molar-refractivity contribution is 0.205. The van der Waals surface area contributed by atoms with E-state index in [9.17, 15) is 4.39 Å². The van der Waals surface area contributed by atoms with Gasteiger partial charge in [-0.1, -0.05) is 31.5 Å². The van der Waals surface area contributed by atoms with Crippen molar-refractivity contribution < 1.29 is 9.13 Å².